The second-order valence-electron chi connectivity index (χ2n) is 6.35. The van der Waals surface area contributed by atoms with Crippen LogP contribution < -0.4 is 10.2 Å². The van der Waals surface area contributed by atoms with Gasteiger partial charge in [-0.25, -0.2) is 4.79 Å². The summed E-state index contributed by atoms with van der Waals surface area (Å²) in [4.78, 5) is 36.9. The summed E-state index contributed by atoms with van der Waals surface area (Å²) in [5, 5.41) is 14.3. The van der Waals surface area contributed by atoms with Gasteiger partial charge in [0.2, 0.25) is 0 Å². The first-order valence-corrected chi connectivity index (χ1v) is 8.71. The fraction of sp³-hybridized carbons (Fsp3) is 0.263. The number of anilines is 2. The summed E-state index contributed by atoms with van der Waals surface area (Å²) in [5.41, 5.74) is 1.41. The van der Waals surface area contributed by atoms with Crippen molar-refractivity contribution in [1.82, 2.24) is 0 Å². The Kier molecular flexibility index (Phi) is 6.58. The van der Waals surface area contributed by atoms with Crippen LogP contribution in [0.25, 0.3) is 0 Å². The zero-order valence-electron chi connectivity index (χ0n) is 15.9. The number of nitrogens with zero attached hydrogens (tertiary/aromatic N) is 2. The van der Waals surface area contributed by atoms with Crippen molar-refractivity contribution < 1.29 is 19.2 Å². The summed E-state index contributed by atoms with van der Waals surface area (Å²) in [6, 6.07) is 9.03. The van der Waals surface area contributed by atoms with Crippen LogP contribution in [0.1, 0.15) is 22.8 Å². The maximum Gasteiger partial charge on any atom is 0.339 e. The molecule has 0 aliphatic heterocycles. The minimum absolute atomic E-state index is 0.0177. The number of nitrogens with one attached hydrogen (secondary N) is 1. The van der Waals surface area contributed by atoms with Crippen molar-refractivity contribution in [3.63, 3.8) is 0 Å². The summed E-state index contributed by atoms with van der Waals surface area (Å²) in [6.45, 7) is 3.21. The number of hydrogen-bond acceptors (Lipinski definition) is 6. The Morgan fingerprint density at radius 3 is 2.50 bits per heavy atom. The predicted molar refractivity (Wildman–Crippen MR) is 107 cm³/mol. The number of nitro benzene ring substituents is 1. The van der Waals surface area contributed by atoms with Gasteiger partial charge in [0.25, 0.3) is 11.6 Å². The second-order valence-corrected chi connectivity index (χ2v) is 6.79. The van der Waals surface area contributed by atoms with Crippen molar-refractivity contribution in [2.45, 2.75) is 20.0 Å². The van der Waals surface area contributed by atoms with Crippen molar-refractivity contribution in [3.8, 4) is 0 Å². The summed E-state index contributed by atoms with van der Waals surface area (Å²) in [6.07, 6.45) is -1.11. The van der Waals surface area contributed by atoms with Crippen molar-refractivity contribution in [1.29, 1.82) is 0 Å². The number of rotatable bonds is 6. The summed E-state index contributed by atoms with van der Waals surface area (Å²) in [7, 11) is 3.31. The number of ether oxygens (including phenoxy) is 1. The predicted octanol–water partition coefficient (Wildman–Crippen LogP) is 3.81. The molecule has 0 heterocycles. The molecule has 0 aliphatic rings. The zero-order chi connectivity index (χ0) is 21.0. The highest BCUT2D eigenvalue weighted by Gasteiger charge is 2.23. The minimum atomic E-state index is -1.11. The first kappa shape index (κ1) is 21.2. The van der Waals surface area contributed by atoms with Crippen molar-refractivity contribution in [3.05, 3.63) is 62.7 Å². The topological polar surface area (TPSA) is 102 Å². The first-order chi connectivity index (χ1) is 13.1. The number of carbonyl (C=O) groups is 2. The van der Waals surface area contributed by atoms with Gasteiger partial charge < -0.3 is 15.0 Å². The van der Waals surface area contributed by atoms with E-state index in [4.69, 9.17) is 16.3 Å². The lowest BCUT2D eigenvalue weighted by Crippen LogP contribution is -2.30. The maximum absolute atomic E-state index is 12.3. The average Bonchev–Trinajstić information content (AvgIpc) is 2.63. The van der Waals surface area contributed by atoms with Gasteiger partial charge in [0, 0.05) is 30.9 Å². The number of benzene rings is 2. The quantitative estimate of drug-likeness (QED) is 0.445. The smallest absolute Gasteiger partial charge is 0.339 e. The molecule has 0 unspecified atom stereocenters. The van der Waals surface area contributed by atoms with E-state index < -0.39 is 22.9 Å². The van der Waals surface area contributed by atoms with Crippen LogP contribution in [-0.2, 0) is 9.53 Å². The lowest BCUT2D eigenvalue weighted by molar-refractivity contribution is -0.384. The standard InChI is InChI=1S/C19H20ClN3O5/c1-11-5-7-14(20)10-15(11)21-18(24)12(2)28-19(25)13-6-8-16(22(3)4)17(9-13)23(26)27/h5-10,12H,1-4H3,(H,21,24)/t12-/m1/s1. The zero-order valence-corrected chi connectivity index (χ0v) is 16.6. The summed E-state index contributed by atoms with van der Waals surface area (Å²) < 4.78 is 5.16. The molecule has 1 atom stereocenters. The molecular formula is C19H20ClN3O5. The molecule has 0 radical (unpaired) electrons. The van der Waals surface area contributed by atoms with Gasteiger partial charge in [0.05, 0.1) is 10.5 Å². The molecule has 1 N–H and O–H groups in total. The summed E-state index contributed by atoms with van der Waals surface area (Å²) in [5.74, 6) is -1.38. The molecule has 2 rings (SSSR count). The number of nitro groups is 1. The number of hydrogen-bond donors (Lipinski definition) is 1. The van der Waals surface area contributed by atoms with Crippen LogP contribution >= 0.6 is 11.6 Å². The van der Waals surface area contributed by atoms with Gasteiger partial charge in [0.15, 0.2) is 6.10 Å². The molecule has 1 amide bonds. The van der Waals surface area contributed by atoms with Crippen molar-refractivity contribution in [2.24, 2.45) is 0 Å². The second kappa shape index (κ2) is 8.71. The third kappa shape index (κ3) is 4.98. The Labute approximate surface area is 167 Å². The van der Waals surface area contributed by atoms with Gasteiger partial charge in [-0.15, -0.1) is 0 Å². The third-order valence-corrected chi connectivity index (χ3v) is 4.24. The average molecular weight is 406 g/mol. The van der Waals surface area contributed by atoms with Crippen LogP contribution in [-0.4, -0.2) is 37.0 Å². The maximum atomic E-state index is 12.3. The summed E-state index contributed by atoms with van der Waals surface area (Å²) >= 11 is 5.92. The van der Waals surface area contributed by atoms with Crippen molar-refractivity contribution in [2.75, 3.05) is 24.3 Å². The number of esters is 1. The molecule has 8 nitrogen and oxygen atoms in total. The Balaban J connectivity index is 2.13. The highest BCUT2D eigenvalue weighted by Crippen LogP contribution is 2.28. The van der Waals surface area contributed by atoms with Gasteiger partial charge >= 0.3 is 5.97 Å². The molecule has 0 aromatic heterocycles. The molecule has 2 aromatic carbocycles. The number of carbonyl (C=O) groups excluding carboxylic acids is 2. The fourth-order valence-corrected chi connectivity index (χ4v) is 2.59. The van der Waals surface area contributed by atoms with E-state index in [0.717, 1.165) is 11.6 Å². The molecule has 148 valence electrons. The van der Waals surface area contributed by atoms with E-state index >= 15 is 0 Å². The van der Waals surface area contributed by atoms with Crippen molar-refractivity contribution >= 4 is 40.5 Å². The normalized spacial score (nSPS) is 11.5. The molecule has 0 fully saturated rings. The Bertz CT molecular complexity index is 930. The molecule has 0 bridgehead atoms. The monoisotopic (exact) mass is 405 g/mol. The fourth-order valence-electron chi connectivity index (χ4n) is 2.42. The molecule has 9 heteroatoms. The van der Waals surface area contributed by atoms with E-state index in [1.165, 1.54) is 19.1 Å². The van der Waals surface area contributed by atoms with Crippen LogP contribution in [0, 0.1) is 17.0 Å². The molecule has 0 saturated heterocycles. The van der Waals surface area contributed by atoms with E-state index in [-0.39, 0.29) is 11.3 Å². The Hall–Kier alpha value is -3.13. The van der Waals surface area contributed by atoms with Crippen LogP contribution in [0.5, 0.6) is 0 Å². The number of aryl methyl sites for hydroxylation is 1. The molecule has 0 aliphatic carbocycles. The van der Waals surface area contributed by atoms with Crippen LogP contribution in [0.3, 0.4) is 0 Å². The van der Waals surface area contributed by atoms with E-state index in [2.05, 4.69) is 5.32 Å². The van der Waals surface area contributed by atoms with E-state index in [1.807, 2.05) is 0 Å². The number of amides is 1. The highest BCUT2D eigenvalue weighted by molar-refractivity contribution is 6.31. The third-order valence-electron chi connectivity index (χ3n) is 4.00. The van der Waals surface area contributed by atoms with E-state index in [1.54, 1.807) is 44.1 Å². The SMILES string of the molecule is Cc1ccc(Cl)cc1NC(=O)[C@@H](C)OC(=O)c1ccc(N(C)C)c([N+](=O)[O-])c1. The van der Waals surface area contributed by atoms with Gasteiger partial charge in [-0.2, -0.15) is 0 Å². The molecule has 28 heavy (non-hydrogen) atoms. The molecule has 0 saturated carbocycles. The van der Waals surface area contributed by atoms with E-state index in [9.17, 15) is 19.7 Å². The molecular weight excluding hydrogens is 386 g/mol. The minimum Gasteiger partial charge on any atom is -0.449 e. The lowest BCUT2D eigenvalue weighted by atomic mass is 10.1. The molecule has 0 spiro atoms. The van der Waals surface area contributed by atoms with Gasteiger partial charge in [-0.05, 0) is 43.7 Å². The first-order valence-electron chi connectivity index (χ1n) is 8.34. The largest absolute Gasteiger partial charge is 0.449 e. The number of halogens is 1. The van der Waals surface area contributed by atoms with Gasteiger partial charge in [-0.3, -0.25) is 14.9 Å². The van der Waals surface area contributed by atoms with Crippen LogP contribution in [0.15, 0.2) is 36.4 Å². The van der Waals surface area contributed by atoms with Crippen LogP contribution in [0.4, 0.5) is 17.1 Å². The van der Waals surface area contributed by atoms with E-state index in [0.29, 0.717) is 16.4 Å². The van der Waals surface area contributed by atoms with Gasteiger partial charge in [-0.1, -0.05) is 17.7 Å². The Morgan fingerprint density at radius 1 is 1.21 bits per heavy atom. The lowest BCUT2D eigenvalue weighted by Gasteiger charge is -2.16. The highest BCUT2D eigenvalue weighted by atomic mass is 35.5. The Morgan fingerprint density at radius 2 is 1.89 bits per heavy atom. The molecule has 2 aromatic rings. The van der Waals surface area contributed by atoms with Crippen LogP contribution in [0.2, 0.25) is 5.02 Å². The van der Waals surface area contributed by atoms with Gasteiger partial charge in [0.1, 0.15) is 5.69 Å².